The molecule has 1 amide bonds. The smallest absolute Gasteiger partial charge is 0.258 e. The average molecular weight is 384 g/mol. The molecule has 2 aromatic rings. The van der Waals surface area contributed by atoms with Gasteiger partial charge in [0.05, 0.1) is 19.4 Å². The lowest BCUT2D eigenvalue weighted by molar-refractivity contribution is -0.123. The van der Waals surface area contributed by atoms with Gasteiger partial charge in [-0.2, -0.15) is 0 Å². The molecular weight excluding hydrogens is 356 g/mol. The molecule has 6 nitrogen and oxygen atoms in total. The second-order valence-corrected chi connectivity index (χ2v) is 6.78. The van der Waals surface area contributed by atoms with E-state index in [1.165, 1.54) is 12.8 Å². The highest BCUT2D eigenvalue weighted by molar-refractivity contribution is 5.77. The van der Waals surface area contributed by atoms with E-state index in [0.29, 0.717) is 18.0 Å². The molecule has 1 aliphatic rings. The van der Waals surface area contributed by atoms with Crippen LogP contribution in [0.5, 0.6) is 11.5 Å². The van der Waals surface area contributed by atoms with Gasteiger partial charge in [-0.05, 0) is 62.7 Å². The number of amides is 1. The first-order chi connectivity index (χ1) is 13.7. The van der Waals surface area contributed by atoms with Crippen molar-refractivity contribution < 1.29 is 18.7 Å². The predicted octanol–water partition coefficient (Wildman–Crippen LogP) is 3.65. The fourth-order valence-electron chi connectivity index (χ4n) is 3.45. The van der Waals surface area contributed by atoms with Crippen LogP contribution in [0.15, 0.2) is 47.1 Å². The van der Waals surface area contributed by atoms with Gasteiger partial charge in [0, 0.05) is 6.54 Å². The highest BCUT2D eigenvalue weighted by Crippen LogP contribution is 2.28. The van der Waals surface area contributed by atoms with Crippen molar-refractivity contribution in [2.24, 2.45) is 0 Å². The lowest BCUT2D eigenvalue weighted by Gasteiger charge is -2.26. The van der Waals surface area contributed by atoms with Crippen LogP contribution < -0.4 is 14.8 Å². The predicted molar refractivity (Wildman–Crippen MR) is 108 cm³/mol. The molecular formula is C22H28N2O4. The molecule has 0 saturated carbocycles. The Morgan fingerprint density at radius 1 is 1.29 bits per heavy atom. The zero-order valence-corrected chi connectivity index (χ0v) is 16.5. The van der Waals surface area contributed by atoms with Gasteiger partial charge in [0.25, 0.3) is 5.91 Å². The van der Waals surface area contributed by atoms with E-state index in [1.807, 2.05) is 49.4 Å². The number of likely N-dealkylation sites (tertiary alicyclic amines) is 1. The molecule has 0 spiro atoms. The topological polar surface area (TPSA) is 63.9 Å². The Bertz CT molecular complexity index is 780. The van der Waals surface area contributed by atoms with Crippen molar-refractivity contribution in [3.8, 4) is 11.5 Å². The Morgan fingerprint density at radius 3 is 2.79 bits per heavy atom. The van der Waals surface area contributed by atoms with Crippen LogP contribution in [0.1, 0.15) is 37.1 Å². The zero-order valence-electron chi connectivity index (χ0n) is 16.5. The molecule has 0 unspecified atom stereocenters. The van der Waals surface area contributed by atoms with E-state index in [4.69, 9.17) is 13.9 Å². The molecule has 1 aliphatic heterocycles. The standard InChI is InChI=1S/C22H28N2O4/c1-3-7-17-9-10-20(21(14-17)26-2)28-16-22(25)23-15-18(19-8-6-13-27-19)24-11-4-5-12-24/h3,6-10,13-14,18H,4-5,11-12,15-16H2,1-2H3,(H,23,25)/b7-3+/t18-/m1/s1. The van der Waals surface area contributed by atoms with Crippen molar-refractivity contribution >= 4 is 12.0 Å². The van der Waals surface area contributed by atoms with Gasteiger partial charge in [0.1, 0.15) is 5.76 Å². The molecule has 0 radical (unpaired) electrons. The Hall–Kier alpha value is -2.73. The largest absolute Gasteiger partial charge is 0.493 e. The van der Waals surface area contributed by atoms with Crippen LogP contribution in [0, 0.1) is 0 Å². The molecule has 28 heavy (non-hydrogen) atoms. The first kappa shape index (κ1) is 20.0. The van der Waals surface area contributed by atoms with Gasteiger partial charge in [-0.25, -0.2) is 0 Å². The van der Waals surface area contributed by atoms with Gasteiger partial charge in [0.2, 0.25) is 0 Å². The Morgan fingerprint density at radius 2 is 2.11 bits per heavy atom. The number of methoxy groups -OCH3 is 1. The van der Waals surface area contributed by atoms with Crippen LogP contribution >= 0.6 is 0 Å². The number of allylic oxidation sites excluding steroid dienone is 1. The highest BCUT2D eigenvalue weighted by atomic mass is 16.5. The van der Waals surface area contributed by atoms with E-state index < -0.39 is 0 Å². The van der Waals surface area contributed by atoms with Crippen molar-refractivity contribution in [3.05, 3.63) is 54.0 Å². The molecule has 3 rings (SSSR count). The minimum atomic E-state index is -0.171. The second-order valence-electron chi connectivity index (χ2n) is 6.78. The quantitative estimate of drug-likeness (QED) is 0.715. The number of ether oxygens (including phenoxy) is 2. The maximum Gasteiger partial charge on any atom is 0.258 e. The maximum absolute atomic E-state index is 12.3. The van der Waals surface area contributed by atoms with E-state index in [-0.39, 0.29) is 18.6 Å². The summed E-state index contributed by atoms with van der Waals surface area (Å²) in [6.45, 7) is 4.43. The van der Waals surface area contributed by atoms with E-state index in [9.17, 15) is 4.79 Å². The minimum absolute atomic E-state index is 0.0519. The SMILES string of the molecule is C/C=C/c1ccc(OCC(=O)NC[C@H](c2ccco2)N2CCCC2)c(OC)c1. The van der Waals surface area contributed by atoms with Crippen LogP contribution in [0.25, 0.3) is 6.08 Å². The summed E-state index contributed by atoms with van der Waals surface area (Å²) in [5, 5.41) is 2.97. The molecule has 0 bridgehead atoms. The Balaban J connectivity index is 1.55. The lowest BCUT2D eigenvalue weighted by Crippen LogP contribution is -2.38. The van der Waals surface area contributed by atoms with E-state index in [1.54, 1.807) is 13.4 Å². The molecule has 1 atom stereocenters. The summed E-state index contributed by atoms with van der Waals surface area (Å²) in [5.74, 6) is 1.86. The second kappa shape index (κ2) is 9.99. The molecule has 1 aromatic heterocycles. The van der Waals surface area contributed by atoms with Crippen LogP contribution in [-0.4, -0.2) is 44.2 Å². The molecule has 1 saturated heterocycles. The fraction of sp³-hybridized carbons (Fsp3) is 0.409. The first-order valence-corrected chi connectivity index (χ1v) is 9.69. The first-order valence-electron chi connectivity index (χ1n) is 9.69. The molecule has 150 valence electrons. The number of rotatable bonds is 9. The van der Waals surface area contributed by atoms with Crippen LogP contribution in [0.3, 0.4) is 0 Å². The van der Waals surface area contributed by atoms with Gasteiger partial charge in [0.15, 0.2) is 18.1 Å². The molecule has 2 heterocycles. The molecule has 1 aromatic carbocycles. The number of carbonyl (C=O) groups is 1. The number of carbonyl (C=O) groups excluding carboxylic acids is 1. The van der Waals surface area contributed by atoms with Gasteiger partial charge in [-0.15, -0.1) is 0 Å². The summed E-state index contributed by atoms with van der Waals surface area (Å²) in [6, 6.07) is 9.52. The zero-order chi connectivity index (χ0) is 19.8. The number of hydrogen-bond acceptors (Lipinski definition) is 5. The monoisotopic (exact) mass is 384 g/mol. The van der Waals surface area contributed by atoms with Crippen molar-refractivity contribution in [2.75, 3.05) is 33.4 Å². The van der Waals surface area contributed by atoms with E-state index >= 15 is 0 Å². The van der Waals surface area contributed by atoms with E-state index in [0.717, 1.165) is 24.4 Å². The van der Waals surface area contributed by atoms with Gasteiger partial charge in [-0.3, -0.25) is 9.69 Å². The minimum Gasteiger partial charge on any atom is -0.493 e. The fourth-order valence-corrected chi connectivity index (χ4v) is 3.45. The Kier molecular flexibility index (Phi) is 7.14. The lowest BCUT2D eigenvalue weighted by atomic mass is 10.2. The molecule has 1 fully saturated rings. The third kappa shape index (κ3) is 5.16. The van der Waals surface area contributed by atoms with Crippen molar-refractivity contribution in [1.29, 1.82) is 0 Å². The van der Waals surface area contributed by atoms with Crippen LogP contribution in [0.4, 0.5) is 0 Å². The summed E-state index contributed by atoms with van der Waals surface area (Å²) in [7, 11) is 1.59. The molecule has 1 N–H and O–H groups in total. The highest BCUT2D eigenvalue weighted by Gasteiger charge is 2.26. The maximum atomic E-state index is 12.3. The van der Waals surface area contributed by atoms with E-state index in [2.05, 4.69) is 10.2 Å². The molecule has 6 heteroatoms. The van der Waals surface area contributed by atoms with Crippen LogP contribution in [-0.2, 0) is 4.79 Å². The summed E-state index contributed by atoms with van der Waals surface area (Å²) in [6.07, 6.45) is 7.96. The number of benzene rings is 1. The summed E-state index contributed by atoms with van der Waals surface area (Å²) < 4.78 is 16.6. The summed E-state index contributed by atoms with van der Waals surface area (Å²) in [5.41, 5.74) is 1.02. The number of furan rings is 1. The number of hydrogen-bond donors (Lipinski definition) is 1. The number of nitrogens with zero attached hydrogens (tertiary/aromatic N) is 1. The van der Waals surface area contributed by atoms with Crippen molar-refractivity contribution in [1.82, 2.24) is 10.2 Å². The van der Waals surface area contributed by atoms with Gasteiger partial charge < -0.3 is 19.2 Å². The number of nitrogens with one attached hydrogen (secondary N) is 1. The van der Waals surface area contributed by atoms with Crippen molar-refractivity contribution in [3.63, 3.8) is 0 Å². The van der Waals surface area contributed by atoms with Gasteiger partial charge in [-0.1, -0.05) is 18.2 Å². The summed E-state index contributed by atoms with van der Waals surface area (Å²) in [4.78, 5) is 14.7. The van der Waals surface area contributed by atoms with Crippen LogP contribution in [0.2, 0.25) is 0 Å². The third-order valence-electron chi connectivity index (χ3n) is 4.85. The molecule has 0 aliphatic carbocycles. The van der Waals surface area contributed by atoms with Crippen molar-refractivity contribution in [2.45, 2.75) is 25.8 Å². The average Bonchev–Trinajstić information content (AvgIpc) is 3.42. The summed E-state index contributed by atoms with van der Waals surface area (Å²) >= 11 is 0. The Labute approximate surface area is 166 Å². The normalized spacial score (nSPS) is 15.6. The third-order valence-corrected chi connectivity index (χ3v) is 4.85. The van der Waals surface area contributed by atoms with Gasteiger partial charge >= 0.3 is 0 Å².